The van der Waals surface area contributed by atoms with Gasteiger partial charge in [-0.05, 0) is 38.2 Å². The molecule has 0 spiro atoms. The lowest BCUT2D eigenvalue weighted by Crippen LogP contribution is -2.15. The number of aromatic nitrogens is 2. The molecule has 1 heterocycles. The smallest absolute Gasteiger partial charge is 0.330 e. The van der Waals surface area contributed by atoms with Crippen LogP contribution in [0.4, 0.5) is 0 Å². The Bertz CT molecular complexity index is 964. The predicted octanol–water partition coefficient (Wildman–Crippen LogP) is 2.16. The molecule has 28 heavy (non-hydrogen) atoms. The van der Waals surface area contributed by atoms with E-state index >= 15 is 0 Å². The molecule has 3 N–H and O–H groups in total. The molecule has 8 nitrogen and oxygen atoms in total. The number of hydrogen-bond acceptors (Lipinski definition) is 5. The maximum absolute atomic E-state index is 8.97. The molecule has 0 fully saturated rings. The lowest BCUT2D eigenvalue weighted by atomic mass is 10.2. The van der Waals surface area contributed by atoms with Crippen LogP contribution in [0.2, 0.25) is 0 Å². The minimum Gasteiger partial charge on any atom is -0.476 e. The van der Waals surface area contributed by atoms with E-state index in [4.69, 9.17) is 17.7 Å². The van der Waals surface area contributed by atoms with Crippen LogP contribution in [0, 0.1) is 0 Å². The predicted molar refractivity (Wildman–Crippen MR) is 110 cm³/mol. The fourth-order valence-corrected chi connectivity index (χ4v) is 2.63. The SMILES string of the molecule is CN(C)CCCOc1nn(Cc2ccccc2)c2ccccc12.NS(=O)(=O)O. The average Bonchev–Trinajstić information content (AvgIpc) is 2.96. The zero-order valence-electron chi connectivity index (χ0n) is 16.0. The van der Waals surface area contributed by atoms with Crippen LogP contribution in [0.25, 0.3) is 10.9 Å². The highest BCUT2D eigenvalue weighted by atomic mass is 32.2. The summed E-state index contributed by atoms with van der Waals surface area (Å²) in [5.74, 6) is 0.732. The number of fused-ring (bicyclic) bond motifs is 1. The molecular weight excluding hydrogens is 380 g/mol. The Morgan fingerprint density at radius 3 is 2.36 bits per heavy atom. The van der Waals surface area contributed by atoms with Crippen LogP contribution in [0.3, 0.4) is 0 Å². The van der Waals surface area contributed by atoms with Crippen molar-refractivity contribution in [1.29, 1.82) is 0 Å². The van der Waals surface area contributed by atoms with Crippen molar-refractivity contribution in [2.75, 3.05) is 27.2 Å². The van der Waals surface area contributed by atoms with E-state index in [9.17, 15) is 0 Å². The molecule has 0 radical (unpaired) electrons. The Morgan fingerprint density at radius 2 is 1.71 bits per heavy atom. The molecule has 0 unspecified atom stereocenters. The largest absolute Gasteiger partial charge is 0.476 e. The van der Waals surface area contributed by atoms with Gasteiger partial charge in [0.25, 0.3) is 0 Å². The summed E-state index contributed by atoms with van der Waals surface area (Å²) >= 11 is 0. The Balaban J connectivity index is 0.000000500. The van der Waals surface area contributed by atoms with E-state index in [0.29, 0.717) is 6.61 Å². The van der Waals surface area contributed by atoms with Gasteiger partial charge in [-0.1, -0.05) is 42.5 Å². The minimum atomic E-state index is -4.17. The van der Waals surface area contributed by atoms with Crippen LogP contribution in [-0.4, -0.2) is 54.9 Å². The molecule has 152 valence electrons. The van der Waals surface area contributed by atoms with E-state index in [-0.39, 0.29) is 0 Å². The summed E-state index contributed by atoms with van der Waals surface area (Å²) in [7, 11) is -0.0199. The molecule has 0 amide bonds. The number of nitrogens with two attached hydrogens (primary N) is 1. The summed E-state index contributed by atoms with van der Waals surface area (Å²) in [5.41, 5.74) is 2.35. The Hall–Kier alpha value is -2.46. The van der Waals surface area contributed by atoms with Crippen molar-refractivity contribution < 1.29 is 17.7 Å². The van der Waals surface area contributed by atoms with Crippen LogP contribution < -0.4 is 9.88 Å². The van der Waals surface area contributed by atoms with Gasteiger partial charge >= 0.3 is 10.3 Å². The second-order valence-corrected chi connectivity index (χ2v) is 7.52. The van der Waals surface area contributed by atoms with E-state index in [1.54, 1.807) is 0 Å². The second kappa shape index (κ2) is 10.2. The standard InChI is InChI=1S/C19H23N3O.H3NO3S/c1-21(2)13-8-14-23-19-17-11-6-7-12-18(17)22(20-19)15-16-9-4-3-5-10-16;1-5(2,3)4/h3-7,9-12H,8,13-15H2,1-2H3;(H3,1,2,3,4). The Labute approximate surface area is 165 Å². The summed E-state index contributed by atoms with van der Waals surface area (Å²) in [6, 6.07) is 18.6. The monoisotopic (exact) mass is 406 g/mol. The molecule has 0 aliphatic heterocycles. The van der Waals surface area contributed by atoms with E-state index in [1.807, 2.05) is 22.9 Å². The molecular formula is C19H26N4O4S. The Kier molecular flexibility index (Phi) is 7.94. The topological polar surface area (TPSA) is 111 Å². The van der Waals surface area contributed by atoms with Gasteiger partial charge in [-0.15, -0.1) is 5.10 Å². The molecule has 0 atom stereocenters. The van der Waals surface area contributed by atoms with Gasteiger partial charge in [0.2, 0.25) is 5.88 Å². The molecule has 0 saturated heterocycles. The van der Waals surface area contributed by atoms with Gasteiger partial charge in [0, 0.05) is 6.54 Å². The molecule has 0 aliphatic carbocycles. The lowest BCUT2D eigenvalue weighted by Gasteiger charge is -2.09. The van der Waals surface area contributed by atoms with Crippen molar-refractivity contribution >= 4 is 21.2 Å². The number of benzene rings is 2. The third-order valence-corrected chi connectivity index (χ3v) is 3.79. The summed E-state index contributed by atoms with van der Waals surface area (Å²) < 4.78 is 33.2. The summed E-state index contributed by atoms with van der Waals surface area (Å²) in [4.78, 5) is 2.16. The summed E-state index contributed by atoms with van der Waals surface area (Å²) in [5, 5.41) is 9.64. The van der Waals surface area contributed by atoms with Crippen LogP contribution in [0.1, 0.15) is 12.0 Å². The van der Waals surface area contributed by atoms with Gasteiger partial charge in [-0.2, -0.15) is 8.42 Å². The zero-order valence-corrected chi connectivity index (χ0v) is 16.8. The maximum Gasteiger partial charge on any atom is 0.330 e. The maximum atomic E-state index is 8.97. The highest BCUT2D eigenvalue weighted by Gasteiger charge is 2.11. The van der Waals surface area contributed by atoms with Gasteiger partial charge in [-0.3, -0.25) is 9.23 Å². The first kappa shape index (κ1) is 21.8. The van der Waals surface area contributed by atoms with E-state index in [0.717, 1.165) is 36.3 Å². The summed E-state index contributed by atoms with van der Waals surface area (Å²) in [6.07, 6.45) is 0.993. The first-order chi connectivity index (χ1) is 13.2. The molecule has 0 aliphatic rings. The molecule has 1 aromatic heterocycles. The number of ether oxygens (including phenoxy) is 1. The van der Waals surface area contributed by atoms with Gasteiger partial charge in [-0.25, -0.2) is 5.14 Å². The molecule has 3 rings (SSSR count). The molecule has 3 aromatic rings. The Morgan fingerprint density at radius 1 is 1.11 bits per heavy atom. The van der Waals surface area contributed by atoms with E-state index in [1.165, 1.54) is 5.56 Å². The third kappa shape index (κ3) is 7.65. The molecule has 0 saturated carbocycles. The van der Waals surface area contributed by atoms with Gasteiger partial charge in [0.1, 0.15) is 0 Å². The summed E-state index contributed by atoms with van der Waals surface area (Å²) in [6.45, 7) is 2.45. The zero-order chi connectivity index (χ0) is 20.6. The highest BCUT2D eigenvalue weighted by Crippen LogP contribution is 2.25. The van der Waals surface area contributed by atoms with Crippen molar-refractivity contribution in [2.24, 2.45) is 5.14 Å². The van der Waals surface area contributed by atoms with Crippen LogP contribution in [0.15, 0.2) is 54.6 Å². The van der Waals surface area contributed by atoms with Gasteiger partial charge in [0.05, 0.1) is 24.1 Å². The number of rotatable bonds is 7. The van der Waals surface area contributed by atoms with Gasteiger partial charge in [0.15, 0.2) is 0 Å². The molecule has 0 bridgehead atoms. The molecule has 2 aromatic carbocycles. The first-order valence-corrected chi connectivity index (χ1v) is 10.3. The minimum absolute atomic E-state index is 0.685. The van der Waals surface area contributed by atoms with Crippen molar-refractivity contribution in [2.45, 2.75) is 13.0 Å². The van der Waals surface area contributed by atoms with Crippen molar-refractivity contribution in [3.05, 3.63) is 60.2 Å². The first-order valence-electron chi connectivity index (χ1n) is 8.76. The average molecular weight is 407 g/mol. The second-order valence-electron chi connectivity index (χ2n) is 6.49. The number of para-hydroxylation sites is 1. The fourth-order valence-electron chi connectivity index (χ4n) is 2.63. The van der Waals surface area contributed by atoms with Crippen LogP contribution >= 0.6 is 0 Å². The van der Waals surface area contributed by atoms with E-state index in [2.05, 4.69) is 65.6 Å². The third-order valence-electron chi connectivity index (χ3n) is 3.79. The fraction of sp³-hybridized carbons (Fsp3) is 0.316. The number of hydrogen-bond donors (Lipinski definition) is 2. The quantitative estimate of drug-likeness (QED) is 0.459. The van der Waals surface area contributed by atoms with Gasteiger partial charge < -0.3 is 9.64 Å². The van der Waals surface area contributed by atoms with E-state index < -0.39 is 10.3 Å². The van der Waals surface area contributed by atoms with Crippen molar-refractivity contribution in [3.8, 4) is 5.88 Å². The molecule has 9 heteroatoms. The van der Waals surface area contributed by atoms with Crippen LogP contribution in [0.5, 0.6) is 5.88 Å². The van der Waals surface area contributed by atoms with Crippen molar-refractivity contribution in [1.82, 2.24) is 14.7 Å². The van der Waals surface area contributed by atoms with Crippen molar-refractivity contribution in [3.63, 3.8) is 0 Å². The lowest BCUT2D eigenvalue weighted by molar-refractivity contribution is 0.273. The van der Waals surface area contributed by atoms with Crippen LogP contribution in [-0.2, 0) is 16.8 Å². The number of nitrogens with zero attached hydrogens (tertiary/aromatic N) is 3. The highest BCUT2D eigenvalue weighted by molar-refractivity contribution is 7.83. The normalized spacial score (nSPS) is 11.3.